The lowest BCUT2D eigenvalue weighted by Crippen LogP contribution is -2.57. The molecule has 0 amide bonds. The van der Waals surface area contributed by atoms with Gasteiger partial charge in [-0.25, -0.2) is 13.8 Å². The molecule has 5 heterocycles. The molecule has 4 aromatic rings. The van der Waals surface area contributed by atoms with E-state index in [-0.39, 0.29) is 40.3 Å². The number of hydrogen-bond donors (Lipinski definition) is 1. The predicted octanol–water partition coefficient (Wildman–Crippen LogP) is 7.16. The van der Waals surface area contributed by atoms with Gasteiger partial charge in [-0.15, -0.1) is 19.6 Å². The fourth-order valence-electron chi connectivity index (χ4n) is 8.28. The first-order valence-corrected chi connectivity index (χ1v) is 18.2. The molecule has 8 nitrogen and oxygen atoms in total. The van der Waals surface area contributed by atoms with Crippen molar-refractivity contribution in [3.05, 3.63) is 53.2 Å². The summed E-state index contributed by atoms with van der Waals surface area (Å²) < 4.78 is 81.1. The average molecular weight is 721 g/mol. The topological polar surface area (TPSA) is 75.6 Å². The van der Waals surface area contributed by atoms with E-state index >= 15 is 8.78 Å². The Labute approximate surface area is 299 Å². The molecule has 0 unspecified atom stereocenters. The zero-order chi connectivity index (χ0) is 36.2. The largest absolute Gasteiger partial charge is 0.522 e. The van der Waals surface area contributed by atoms with Gasteiger partial charge in [0.1, 0.15) is 22.8 Å². The van der Waals surface area contributed by atoms with Crippen molar-refractivity contribution in [3.8, 4) is 29.6 Å². The molecule has 2 aromatic heterocycles. The van der Waals surface area contributed by atoms with Gasteiger partial charge in [0.05, 0.1) is 29.4 Å². The minimum atomic E-state index is -4.63. The van der Waals surface area contributed by atoms with Crippen LogP contribution in [0, 0.1) is 29.4 Å². The number of terminal acetylenes is 1. The second-order valence-electron chi connectivity index (χ2n) is 14.8. The fraction of sp³-hybridized carbons (Fsp3) is 0.513. The minimum Gasteiger partial charge on any atom is -0.463 e. The van der Waals surface area contributed by atoms with Gasteiger partial charge in [0.25, 0.3) is 0 Å². The number of alkyl halides is 3. The Morgan fingerprint density at radius 3 is 2.58 bits per heavy atom. The Kier molecular flexibility index (Phi) is 9.20. The third kappa shape index (κ3) is 6.76. The molecule has 274 valence electrons. The second-order valence-corrected chi connectivity index (χ2v) is 14.8. The van der Waals surface area contributed by atoms with Crippen molar-refractivity contribution < 1.29 is 31.4 Å². The first-order valence-electron chi connectivity index (χ1n) is 18.2. The molecule has 13 heteroatoms. The maximum absolute atomic E-state index is 17.2. The number of pyridine rings is 1. The van der Waals surface area contributed by atoms with Gasteiger partial charge in [-0.2, -0.15) is 9.97 Å². The summed E-state index contributed by atoms with van der Waals surface area (Å²) in [6.45, 7) is 5.56. The van der Waals surface area contributed by atoms with Crippen LogP contribution in [-0.4, -0.2) is 83.7 Å². The molecule has 3 aliphatic heterocycles. The maximum atomic E-state index is 17.2. The van der Waals surface area contributed by atoms with E-state index in [1.54, 1.807) is 18.2 Å². The number of ether oxygens (including phenoxy) is 2. The van der Waals surface area contributed by atoms with Crippen LogP contribution in [0.15, 0.2) is 30.3 Å². The molecule has 1 saturated carbocycles. The highest BCUT2D eigenvalue weighted by Crippen LogP contribution is 2.47. The highest BCUT2D eigenvalue weighted by molar-refractivity contribution is 6.02. The van der Waals surface area contributed by atoms with Crippen LogP contribution in [0.2, 0.25) is 0 Å². The lowest BCUT2D eigenvalue weighted by atomic mass is 9.94. The molecule has 1 N–H and O–H groups in total. The number of aryl methyl sites for hydroxylation is 1. The highest BCUT2D eigenvalue weighted by Gasteiger charge is 2.46. The third-order valence-electron chi connectivity index (χ3n) is 11.3. The quantitative estimate of drug-likeness (QED) is 0.152. The van der Waals surface area contributed by atoms with Crippen molar-refractivity contribution in [2.45, 2.75) is 82.8 Å². The van der Waals surface area contributed by atoms with Gasteiger partial charge in [-0.3, -0.25) is 4.74 Å². The van der Waals surface area contributed by atoms with E-state index in [1.165, 1.54) is 6.07 Å². The molecular formula is C39H41F5N6O2. The van der Waals surface area contributed by atoms with Crippen LogP contribution >= 0.6 is 0 Å². The minimum absolute atomic E-state index is 0.0468. The number of anilines is 1. The molecule has 4 aliphatic rings. The van der Waals surface area contributed by atoms with E-state index in [4.69, 9.17) is 26.1 Å². The standard InChI is InChI=1S/C39H41F5N6O2/c1-3-24-20-50-25(19-45-24)8-6-10-30-32-35(33(41)34(46-30)28-9-5-7-23-11-12-29(40)27(4-2)31(23)28)47-37(48-36(32)50)51-22-38(15-16-38)21-49-17-13-26(14-18-49)52-39(42,43)44/h2,5,7,9,11-12,24-26,45H,3,6,8,10,13-22H2,1H3/t24-,25-/m1/s1. The summed E-state index contributed by atoms with van der Waals surface area (Å²) >= 11 is 0. The molecule has 2 atom stereocenters. The van der Waals surface area contributed by atoms with Crippen LogP contribution < -0.4 is 15.0 Å². The molecule has 2 saturated heterocycles. The van der Waals surface area contributed by atoms with Crippen LogP contribution in [0.3, 0.4) is 0 Å². The zero-order valence-electron chi connectivity index (χ0n) is 29.0. The number of rotatable bonds is 8. The highest BCUT2D eigenvalue weighted by atomic mass is 19.4. The number of aromatic nitrogens is 3. The van der Waals surface area contributed by atoms with Crippen molar-refractivity contribution in [2.24, 2.45) is 5.41 Å². The molecule has 1 aliphatic carbocycles. The first-order chi connectivity index (χ1) is 25.0. The molecule has 0 spiro atoms. The monoisotopic (exact) mass is 720 g/mol. The van der Waals surface area contributed by atoms with Gasteiger partial charge in [0.2, 0.25) is 0 Å². The summed E-state index contributed by atoms with van der Waals surface area (Å²) in [5, 5.41) is 5.29. The lowest BCUT2D eigenvalue weighted by molar-refractivity contribution is -0.345. The van der Waals surface area contributed by atoms with Gasteiger partial charge >= 0.3 is 12.4 Å². The first kappa shape index (κ1) is 34.9. The van der Waals surface area contributed by atoms with Crippen LogP contribution in [0.5, 0.6) is 6.01 Å². The van der Waals surface area contributed by atoms with Crippen molar-refractivity contribution in [2.75, 3.05) is 44.2 Å². The summed E-state index contributed by atoms with van der Waals surface area (Å²) in [6, 6.07) is 8.67. The molecular weight excluding hydrogens is 679 g/mol. The molecule has 0 radical (unpaired) electrons. The number of fused-ring (bicyclic) bond motifs is 3. The van der Waals surface area contributed by atoms with Crippen molar-refractivity contribution in [1.82, 2.24) is 25.2 Å². The van der Waals surface area contributed by atoms with Crippen LogP contribution in [-0.2, 0) is 11.2 Å². The maximum Gasteiger partial charge on any atom is 0.522 e. The van der Waals surface area contributed by atoms with Gasteiger partial charge in [-0.05, 0) is 62.8 Å². The van der Waals surface area contributed by atoms with Gasteiger partial charge < -0.3 is 19.9 Å². The number of piperazine rings is 1. The van der Waals surface area contributed by atoms with E-state index in [0.29, 0.717) is 85.3 Å². The smallest absolute Gasteiger partial charge is 0.463 e. The Morgan fingerprint density at radius 1 is 1.04 bits per heavy atom. The van der Waals surface area contributed by atoms with Crippen LogP contribution in [0.1, 0.15) is 63.1 Å². The van der Waals surface area contributed by atoms with Gasteiger partial charge in [0, 0.05) is 61.2 Å². The predicted molar refractivity (Wildman–Crippen MR) is 188 cm³/mol. The summed E-state index contributed by atoms with van der Waals surface area (Å²) in [7, 11) is 0. The molecule has 3 fully saturated rings. The molecule has 8 rings (SSSR count). The van der Waals surface area contributed by atoms with E-state index in [9.17, 15) is 13.2 Å². The average Bonchev–Trinajstić information content (AvgIpc) is 3.90. The Bertz CT molecular complexity index is 2040. The molecule has 0 bridgehead atoms. The summed E-state index contributed by atoms with van der Waals surface area (Å²) in [4.78, 5) is 19.1. The molecule has 2 aromatic carbocycles. The van der Waals surface area contributed by atoms with E-state index < -0.39 is 24.1 Å². The van der Waals surface area contributed by atoms with Crippen LogP contribution in [0.4, 0.5) is 27.8 Å². The summed E-state index contributed by atoms with van der Waals surface area (Å²) in [5.41, 5.74) is 1.05. The van der Waals surface area contributed by atoms with Crippen molar-refractivity contribution >= 4 is 27.5 Å². The summed E-state index contributed by atoms with van der Waals surface area (Å²) in [6.07, 6.45) is 5.93. The van der Waals surface area contributed by atoms with Crippen molar-refractivity contribution in [3.63, 3.8) is 0 Å². The molecule has 52 heavy (non-hydrogen) atoms. The number of hydrogen-bond acceptors (Lipinski definition) is 8. The number of nitrogens with zero attached hydrogens (tertiary/aromatic N) is 5. The third-order valence-corrected chi connectivity index (χ3v) is 11.3. The zero-order valence-corrected chi connectivity index (χ0v) is 29.0. The number of piperidine rings is 1. The lowest BCUT2D eigenvalue weighted by Gasteiger charge is -2.42. The fourth-order valence-corrected chi connectivity index (χ4v) is 8.28. The van der Waals surface area contributed by atoms with Gasteiger partial charge in [-0.1, -0.05) is 37.1 Å². The van der Waals surface area contributed by atoms with Gasteiger partial charge in [0.15, 0.2) is 5.82 Å². The van der Waals surface area contributed by atoms with E-state index in [2.05, 4.69) is 32.7 Å². The number of halogens is 5. The normalized spacial score (nSPS) is 22.1. The number of nitrogens with one attached hydrogen (secondary N) is 1. The summed E-state index contributed by atoms with van der Waals surface area (Å²) in [5.74, 6) is 1.84. The van der Waals surface area contributed by atoms with Crippen LogP contribution in [0.25, 0.3) is 32.9 Å². The number of benzene rings is 2. The Balaban J connectivity index is 1.17. The Hall–Kier alpha value is -4.12. The Morgan fingerprint density at radius 2 is 1.85 bits per heavy atom. The SMILES string of the molecule is C#Cc1c(F)ccc2cccc(-c3nc4c5c(nc(OCC6(CN7CCC(OC(F)(F)F)CC7)CC6)nc5c3F)N3C[C@@H](CC)NC[C@H]3CCC4)c12. The van der Waals surface area contributed by atoms with E-state index in [0.717, 1.165) is 38.6 Å². The van der Waals surface area contributed by atoms with Crippen molar-refractivity contribution in [1.29, 1.82) is 0 Å². The second kappa shape index (κ2) is 13.7. The number of likely N-dealkylation sites (tertiary alicyclic amines) is 1. The van der Waals surface area contributed by atoms with E-state index in [1.807, 2.05) is 6.07 Å².